The van der Waals surface area contributed by atoms with Gasteiger partial charge in [0, 0.05) is 31.8 Å². The summed E-state index contributed by atoms with van der Waals surface area (Å²) in [5.41, 5.74) is 5.66. The van der Waals surface area contributed by atoms with Gasteiger partial charge < -0.3 is 10.1 Å². The van der Waals surface area contributed by atoms with E-state index in [9.17, 15) is 0 Å². The van der Waals surface area contributed by atoms with Gasteiger partial charge >= 0.3 is 0 Å². The van der Waals surface area contributed by atoms with E-state index in [1.807, 2.05) is 61.7 Å². The van der Waals surface area contributed by atoms with Crippen LogP contribution in [0.25, 0.3) is 16.3 Å². The van der Waals surface area contributed by atoms with Crippen LogP contribution in [0, 0.1) is 36.5 Å². The van der Waals surface area contributed by atoms with Crippen LogP contribution in [0.2, 0.25) is 0 Å². The highest BCUT2D eigenvalue weighted by Gasteiger charge is 2.21. The van der Waals surface area contributed by atoms with E-state index in [4.69, 9.17) is 25.2 Å². The highest BCUT2D eigenvalue weighted by atomic mass is 32.1. The van der Waals surface area contributed by atoms with Crippen molar-refractivity contribution >= 4 is 33.6 Å². The van der Waals surface area contributed by atoms with E-state index in [-0.39, 0.29) is 6.04 Å². The number of aryl methyl sites for hydroxylation is 2. The summed E-state index contributed by atoms with van der Waals surface area (Å²) >= 11 is 1.57. The summed E-state index contributed by atoms with van der Waals surface area (Å²) in [6.07, 6.45) is 5.23. The number of ether oxygens (including phenoxy) is 1. The fraction of sp³-hybridized carbons (Fsp3) is 0.267. The minimum atomic E-state index is 0.273. The fourth-order valence-corrected chi connectivity index (χ4v) is 5.61. The second-order valence-electron chi connectivity index (χ2n) is 9.54. The molecule has 1 aliphatic heterocycles. The molecule has 8 heteroatoms. The number of benzene rings is 2. The molecule has 38 heavy (non-hydrogen) atoms. The molecule has 0 radical (unpaired) electrons. The first-order valence-corrected chi connectivity index (χ1v) is 13.5. The largest absolute Gasteiger partial charge is 0.437 e. The average molecular weight is 521 g/mol. The Kier molecular flexibility index (Phi) is 7.65. The Morgan fingerprint density at radius 2 is 1.89 bits per heavy atom. The molecule has 0 saturated carbocycles. The van der Waals surface area contributed by atoms with Crippen molar-refractivity contribution < 1.29 is 4.74 Å². The van der Waals surface area contributed by atoms with Crippen LogP contribution >= 0.6 is 11.3 Å². The molecular formula is C30H28N6OS. The molecular weight excluding hydrogens is 492 g/mol. The number of rotatable bonds is 7. The lowest BCUT2D eigenvalue weighted by Crippen LogP contribution is -2.39. The zero-order chi connectivity index (χ0) is 26.5. The molecule has 190 valence electrons. The third kappa shape index (κ3) is 5.84. The zero-order valence-electron chi connectivity index (χ0n) is 21.4. The lowest BCUT2D eigenvalue weighted by atomic mass is 10.0. The molecule has 0 bridgehead atoms. The Morgan fingerprint density at radius 1 is 1.11 bits per heavy atom. The predicted octanol–water partition coefficient (Wildman–Crippen LogP) is 6.59. The van der Waals surface area contributed by atoms with Crippen molar-refractivity contribution in [3.8, 4) is 23.8 Å². The molecule has 5 rings (SSSR count). The standard InChI is InChI=1S/C30H28N6OS/c1-20-15-22(7-4-11-31)16-21(2)27(20)37-29-28-26(10-14-38-28)34-30(35-29)33-25-8-12-36(13-9-25)19-24-6-3-5-23(17-24)18-32/h3-7,10,14-17,25H,8-9,12-13,19H2,1-2H3,(H,33,34,35)/b7-4+. The first kappa shape index (κ1) is 25.4. The Hall–Kier alpha value is -4.24. The van der Waals surface area contributed by atoms with Crippen LogP contribution in [0.15, 0.2) is 53.9 Å². The third-order valence-corrected chi connectivity index (χ3v) is 7.58. The maximum absolute atomic E-state index is 9.16. The molecule has 7 nitrogen and oxygen atoms in total. The number of thiophene rings is 1. The summed E-state index contributed by atoms with van der Waals surface area (Å²) in [6.45, 7) is 6.78. The van der Waals surface area contributed by atoms with E-state index in [1.165, 1.54) is 11.6 Å². The lowest BCUT2D eigenvalue weighted by Gasteiger charge is -2.32. The average Bonchev–Trinajstić information content (AvgIpc) is 3.40. The van der Waals surface area contributed by atoms with Gasteiger partial charge in [-0.1, -0.05) is 12.1 Å². The first-order valence-electron chi connectivity index (χ1n) is 12.6. The minimum absolute atomic E-state index is 0.273. The molecule has 2 aromatic carbocycles. The van der Waals surface area contributed by atoms with Gasteiger partial charge in [0.05, 0.1) is 23.2 Å². The van der Waals surface area contributed by atoms with Gasteiger partial charge in [-0.2, -0.15) is 15.5 Å². The monoisotopic (exact) mass is 520 g/mol. The number of anilines is 1. The highest BCUT2D eigenvalue weighted by molar-refractivity contribution is 7.17. The lowest BCUT2D eigenvalue weighted by molar-refractivity contribution is 0.211. The minimum Gasteiger partial charge on any atom is -0.437 e. The van der Waals surface area contributed by atoms with Crippen LogP contribution in [-0.4, -0.2) is 34.0 Å². The predicted molar refractivity (Wildman–Crippen MR) is 151 cm³/mol. The van der Waals surface area contributed by atoms with Crippen LogP contribution < -0.4 is 10.1 Å². The Balaban J connectivity index is 1.28. The molecule has 1 aliphatic rings. The van der Waals surface area contributed by atoms with Crippen molar-refractivity contribution in [2.45, 2.75) is 39.3 Å². The Morgan fingerprint density at radius 3 is 2.63 bits per heavy atom. The molecule has 4 aromatic rings. The molecule has 1 N–H and O–H groups in total. The molecule has 2 aromatic heterocycles. The van der Waals surface area contributed by atoms with E-state index in [1.54, 1.807) is 17.4 Å². The van der Waals surface area contributed by atoms with Crippen molar-refractivity contribution in [2.75, 3.05) is 18.4 Å². The number of nitrogens with zero attached hydrogens (tertiary/aromatic N) is 5. The van der Waals surface area contributed by atoms with Crippen LogP contribution in [0.3, 0.4) is 0 Å². The maximum atomic E-state index is 9.16. The maximum Gasteiger partial charge on any atom is 0.242 e. The number of nitrogens with one attached hydrogen (secondary N) is 1. The molecule has 0 atom stereocenters. The number of piperidine rings is 1. The molecule has 0 aliphatic carbocycles. The number of nitriles is 2. The molecule has 0 spiro atoms. The van der Waals surface area contributed by atoms with Crippen molar-refractivity contribution in [1.82, 2.24) is 14.9 Å². The number of likely N-dealkylation sites (tertiary alicyclic amines) is 1. The van der Waals surface area contributed by atoms with E-state index < -0.39 is 0 Å². The van der Waals surface area contributed by atoms with Gasteiger partial charge in [-0.15, -0.1) is 11.3 Å². The van der Waals surface area contributed by atoms with Gasteiger partial charge in [0.15, 0.2) is 0 Å². The van der Waals surface area contributed by atoms with Crippen LogP contribution in [0.4, 0.5) is 5.95 Å². The molecule has 1 saturated heterocycles. The normalized spacial score (nSPS) is 14.4. The van der Waals surface area contributed by atoms with Gasteiger partial charge in [-0.25, -0.2) is 4.98 Å². The summed E-state index contributed by atoms with van der Waals surface area (Å²) in [5, 5.41) is 23.5. The number of hydrogen-bond donors (Lipinski definition) is 1. The SMILES string of the molecule is Cc1cc(/C=C/C#N)cc(C)c1Oc1nc(NC2CCN(Cc3cccc(C#N)c3)CC2)nc2ccsc12. The van der Waals surface area contributed by atoms with Crippen LogP contribution in [-0.2, 0) is 6.54 Å². The second-order valence-corrected chi connectivity index (χ2v) is 10.5. The fourth-order valence-electron chi connectivity index (χ4n) is 4.86. The second kappa shape index (κ2) is 11.4. The summed E-state index contributed by atoms with van der Waals surface area (Å²) < 4.78 is 7.32. The van der Waals surface area contributed by atoms with Crippen LogP contribution in [0.1, 0.15) is 40.7 Å². The van der Waals surface area contributed by atoms with E-state index in [0.29, 0.717) is 17.4 Å². The van der Waals surface area contributed by atoms with Gasteiger partial charge in [0.25, 0.3) is 0 Å². The van der Waals surface area contributed by atoms with Crippen molar-refractivity contribution in [3.05, 3.63) is 81.7 Å². The van der Waals surface area contributed by atoms with E-state index in [2.05, 4.69) is 22.4 Å². The first-order chi connectivity index (χ1) is 18.5. The Bertz CT molecular complexity index is 1550. The van der Waals surface area contributed by atoms with E-state index in [0.717, 1.165) is 65.1 Å². The van der Waals surface area contributed by atoms with Crippen molar-refractivity contribution in [1.29, 1.82) is 10.5 Å². The number of fused-ring (bicyclic) bond motifs is 1. The highest BCUT2D eigenvalue weighted by Crippen LogP contribution is 2.36. The van der Waals surface area contributed by atoms with Gasteiger partial charge in [0.2, 0.25) is 11.8 Å². The Labute approximate surface area is 226 Å². The summed E-state index contributed by atoms with van der Waals surface area (Å²) in [7, 11) is 0. The number of allylic oxidation sites excluding steroid dienone is 1. The number of hydrogen-bond acceptors (Lipinski definition) is 8. The summed E-state index contributed by atoms with van der Waals surface area (Å²) in [4.78, 5) is 12.0. The van der Waals surface area contributed by atoms with Gasteiger partial charge in [-0.3, -0.25) is 4.90 Å². The van der Waals surface area contributed by atoms with Gasteiger partial charge in [-0.05, 0) is 90.7 Å². The topological polar surface area (TPSA) is 97.9 Å². The molecule has 0 amide bonds. The molecule has 3 heterocycles. The third-order valence-electron chi connectivity index (χ3n) is 6.69. The van der Waals surface area contributed by atoms with Crippen molar-refractivity contribution in [2.24, 2.45) is 0 Å². The molecule has 0 unspecified atom stereocenters. The van der Waals surface area contributed by atoms with Gasteiger partial charge in [0.1, 0.15) is 10.4 Å². The molecule has 1 fully saturated rings. The van der Waals surface area contributed by atoms with E-state index >= 15 is 0 Å². The smallest absolute Gasteiger partial charge is 0.242 e. The number of aromatic nitrogens is 2. The summed E-state index contributed by atoms with van der Waals surface area (Å²) in [5.74, 6) is 1.90. The quantitative estimate of drug-likeness (QED) is 0.275. The summed E-state index contributed by atoms with van der Waals surface area (Å²) in [6, 6.07) is 18.4. The zero-order valence-corrected chi connectivity index (χ0v) is 22.3. The van der Waals surface area contributed by atoms with Crippen LogP contribution in [0.5, 0.6) is 11.6 Å². The van der Waals surface area contributed by atoms with Crippen molar-refractivity contribution in [3.63, 3.8) is 0 Å².